The van der Waals surface area contributed by atoms with Gasteiger partial charge in [-0.1, -0.05) is 30.3 Å². The van der Waals surface area contributed by atoms with E-state index in [0.29, 0.717) is 17.4 Å². The largest absolute Gasteiger partial charge is 1.00 e. The van der Waals surface area contributed by atoms with Crippen LogP contribution in [0.3, 0.4) is 0 Å². The van der Waals surface area contributed by atoms with Gasteiger partial charge in [-0.25, -0.2) is 0 Å². The van der Waals surface area contributed by atoms with Crippen LogP contribution in [-0.4, -0.2) is 49.2 Å². The number of halogens is 1. The van der Waals surface area contributed by atoms with E-state index in [-0.39, 0.29) is 36.4 Å². The van der Waals surface area contributed by atoms with Crippen LogP contribution in [0.2, 0.25) is 0 Å². The lowest BCUT2D eigenvalue weighted by atomic mass is 10.1. The van der Waals surface area contributed by atoms with E-state index in [1.165, 1.54) is 0 Å². The van der Waals surface area contributed by atoms with Crippen molar-refractivity contribution in [2.75, 3.05) is 33.8 Å². The first-order valence-corrected chi connectivity index (χ1v) is 5.56. The molecule has 0 saturated carbocycles. The SMILES string of the molecule is C[N+](C)(CCO)CCC(=O)c1ccccc1.[I-]. The monoisotopic (exact) mass is 349 g/mol. The summed E-state index contributed by atoms with van der Waals surface area (Å²) in [4.78, 5) is 11.8. The van der Waals surface area contributed by atoms with Gasteiger partial charge in [-0.15, -0.1) is 0 Å². The zero-order valence-corrected chi connectivity index (χ0v) is 12.6. The molecule has 0 bridgehead atoms. The third kappa shape index (κ3) is 6.14. The number of carbonyl (C=O) groups excluding carboxylic acids is 1. The summed E-state index contributed by atoms with van der Waals surface area (Å²) in [6.07, 6.45) is 0.525. The van der Waals surface area contributed by atoms with Gasteiger partial charge in [0.05, 0.1) is 33.7 Å². The Morgan fingerprint density at radius 3 is 2.29 bits per heavy atom. The van der Waals surface area contributed by atoms with Gasteiger partial charge < -0.3 is 33.6 Å². The molecule has 0 aliphatic carbocycles. The van der Waals surface area contributed by atoms with E-state index >= 15 is 0 Å². The van der Waals surface area contributed by atoms with E-state index in [1.54, 1.807) is 0 Å². The van der Waals surface area contributed by atoms with E-state index in [9.17, 15) is 4.79 Å². The zero-order chi connectivity index (χ0) is 12.0. The summed E-state index contributed by atoms with van der Waals surface area (Å²) in [6.45, 7) is 1.60. The van der Waals surface area contributed by atoms with Crippen LogP contribution in [0.5, 0.6) is 0 Å². The first kappa shape index (κ1) is 16.5. The molecule has 1 rings (SSSR count). The van der Waals surface area contributed by atoms with Crippen molar-refractivity contribution in [1.82, 2.24) is 0 Å². The second-order valence-corrected chi connectivity index (χ2v) is 4.65. The lowest BCUT2D eigenvalue weighted by molar-refractivity contribution is -0.889. The molecule has 0 atom stereocenters. The van der Waals surface area contributed by atoms with Crippen LogP contribution in [0.15, 0.2) is 30.3 Å². The molecule has 3 nitrogen and oxygen atoms in total. The maximum Gasteiger partial charge on any atom is 0.168 e. The molecule has 0 amide bonds. The Balaban J connectivity index is 0.00000256. The van der Waals surface area contributed by atoms with Gasteiger partial charge in [0, 0.05) is 5.56 Å². The van der Waals surface area contributed by atoms with Gasteiger partial charge in [0.1, 0.15) is 6.54 Å². The van der Waals surface area contributed by atoms with Crippen LogP contribution in [0, 0.1) is 0 Å². The molecular weight excluding hydrogens is 329 g/mol. The van der Waals surface area contributed by atoms with Gasteiger partial charge in [0.2, 0.25) is 0 Å². The number of likely N-dealkylation sites (N-methyl/N-ethyl adjacent to an activating group) is 1. The summed E-state index contributed by atoms with van der Waals surface area (Å²) in [5.74, 6) is 0.171. The van der Waals surface area contributed by atoms with Crippen LogP contribution >= 0.6 is 0 Å². The summed E-state index contributed by atoms with van der Waals surface area (Å²) < 4.78 is 0.676. The number of hydrogen-bond acceptors (Lipinski definition) is 2. The third-order valence-corrected chi connectivity index (χ3v) is 2.75. The average molecular weight is 349 g/mol. The Kier molecular flexibility index (Phi) is 7.58. The number of Topliss-reactive ketones (excluding diaryl/α,β-unsaturated/α-hetero) is 1. The van der Waals surface area contributed by atoms with Gasteiger partial charge in [-0.05, 0) is 0 Å². The van der Waals surface area contributed by atoms with Crippen molar-refractivity contribution in [3.63, 3.8) is 0 Å². The lowest BCUT2D eigenvalue weighted by Gasteiger charge is -2.28. The minimum absolute atomic E-state index is 0. The van der Waals surface area contributed by atoms with Crippen molar-refractivity contribution in [2.45, 2.75) is 6.42 Å². The van der Waals surface area contributed by atoms with Crippen LogP contribution in [-0.2, 0) is 0 Å². The molecular formula is C13H20INO2. The van der Waals surface area contributed by atoms with Crippen molar-refractivity contribution in [2.24, 2.45) is 0 Å². The second kappa shape index (κ2) is 7.79. The van der Waals surface area contributed by atoms with E-state index < -0.39 is 0 Å². The Labute approximate surface area is 120 Å². The quantitative estimate of drug-likeness (QED) is 0.379. The van der Waals surface area contributed by atoms with Gasteiger partial charge in [-0.2, -0.15) is 0 Å². The molecule has 0 fully saturated rings. The van der Waals surface area contributed by atoms with Gasteiger partial charge in [0.25, 0.3) is 0 Å². The zero-order valence-electron chi connectivity index (χ0n) is 10.4. The second-order valence-electron chi connectivity index (χ2n) is 4.65. The molecule has 0 spiro atoms. The molecule has 4 heteroatoms. The minimum atomic E-state index is 0. The molecule has 1 aromatic carbocycles. The number of rotatable bonds is 6. The third-order valence-electron chi connectivity index (χ3n) is 2.75. The Hall–Kier alpha value is -0.460. The summed E-state index contributed by atoms with van der Waals surface area (Å²) >= 11 is 0. The first-order chi connectivity index (χ1) is 7.55. The fraction of sp³-hybridized carbons (Fsp3) is 0.462. The number of aliphatic hydroxyl groups excluding tert-OH is 1. The van der Waals surface area contributed by atoms with E-state index in [2.05, 4.69) is 0 Å². The number of aliphatic hydroxyl groups is 1. The lowest BCUT2D eigenvalue weighted by Crippen LogP contribution is -3.00. The highest BCUT2D eigenvalue weighted by Gasteiger charge is 2.16. The molecule has 0 saturated heterocycles. The highest BCUT2D eigenvalue weighted by molar-refractivity contribution is 5.96. The molecule has 0 aromatic heterocycles. The number of nitrogens with zero attached hydrogens (tertiary/aromatic N) is 1. The fourth-order valence-electron chi connectivity index (χ4n) is 1.56. The highest BCUT2D eigenvalue weighted by atomic mass is 127. The molecule has 17 heavy (non-hydrogen) atoms. The summed E-state index contributed by atoms with van der Waals surface area (Å²) in [5, 5.41) is 8.88. The standard InChI is InChI=1S/C13H20NO2.HI/c1-14(2,10-11-15)9-8-13(16)12-6-4-3-5-7-12;/h3-7,15H,8-11H2,1-2H3;1H/q+1;/p-1. The van der Waals surface area contributed by atoms with Crippen molar-refractivity contribution >= 4 is 5.78 Å². The normalized spacial score (nSPS) is 10.8. The number of carbonyl (C=O) groups is 1. The van der Waals surface area contributed by atoms with Crippen molar-refractivity contribution < 1.29 is 38.4 Å². The van der Waals surface area contributed by atoms with Gasteiger partial charge in [0.15, 0.2) is 5.78 Å². The number of quaternary nitrogens is 1. The molecule has 1 aromatic rings. The molecule has 0 unspecified atom stereocenters. The van der Waals surface area contributed by atoms with Crippen LogP contribution < -0.4 is 24.0 Å². The maximum absolute atomic E-state index is 11.8. The fourth-order valence-corrected chi connectivity index (χ4v) is 1.56. The van der Waals surface area contributed by atoms with Gasteiger partial charge >= 0.3 is 0 Å². The van der Waals surface area contributed by atoms with E-state index in [0.717, 1.165) is 12.1 Å². The molecule has 0 aliphatic rings. The smallest absolute Gasteiger partial charge is 0.168 e. The Morgan fingerprint density at radius 2 is 1.76 bits per heavy atom. The van der Waals surface area contributed by atoms with Gasteiger partial charge in [-0.3, -0.25) is 4.79 Å². The average Bonchev–Trinajstić information content (AvgIpc) is 2.27. The molecule has 0 radical (unpaired) electrons. The number of ketones is 1. The first-order valence-electron chi connectivity index (χ1n) is 5.56. The van der Waals surface area contributed by atoms with Crippen LogP contribution in [0.4, 0.5) is 0 Å². The van der Waals surface area contributed by atoms with E-state index in [1.807, 2.05) is 44.4 Å². The summed E-state index contributed by atoms with van der Waals surface area (Å²) in [7, 11) is 4.04. The topological polar surface area (TPSA) is 37.3 Å². The Morgan fingerprint density at radius 1 is 1.18 bits per heavy atom. The number of hydrogen-bond donors (Lipinski definition) is 1. The predicted molar refractivity (Wildman–Crippen MR) is 64.3 cm³/mol. The summed E-state index contributed by atoms with van der Waals surface area (Å²) in [5.41, 5.74) is 0.770. The maximum atomic E-state index is 11.8. The van der Waals surface area contributed by atoms with Crippen molar-refractivity contribution in [3.8, 4) is 0 Å². The number of benzene rings is 1. The minimum Gasteiger partial charge on any atom is -1.00 e. The van der Waals surface area contributed by atoms with Crippen LogP contribution in [0.25, 0.3) is 0 Å². The molecule has 0 aliphatic heterocycles. The highest BCUT2D eigenvalue weighted by Crippen LogP contribution is 2.06. The van der Waals surface area contributed by atoms with Crippen molar-refractivity contribution in [3.05, 3.63) is 35.9 Å². The van der Waals surface area contributed by atoms with E-state index in [4.69, 9.17) is 5.11 Å². The van der Waals surface area contributed by atoms with Crippen LogP contribution in [0.1, 0.15) is 16.8 Å². The molecule has 96 valence electrons. The molecule has 0 heterocycles. The molecule has 1 N–H and O–H groups in total. The van der Waals surface area contributed by atoms with Crippen molar-refractivity contribution in [1.29, 1.82) is 0 Å². The predicted octanol–water partition coefficient (Wildman–Crippen LogP) is -1.67. The summed E-state index contributed by atoms with van der Waals surface area (Å²) in [6, 6.07) is 9.34. The Bertz CT molecular complexity index is 339.